The van der Waals surface area contributed by atoms with Crippen molar-refractivity contribution in [3.05, 3.63) is 0 Å². The Morgan fingerprint density at radius 3 is 2.53 bits per heavy atom. The minimum atomic E-state index is -0.473. The van der Waals surface area contributed by atoms with Gasteiger partial charge in [0.05, 0.1) is 5.60 Å². The Bertz CT molecular complexity index is 268. The van der Waals surface area contributed by atoms with Gasteiger partial charge in [0.1, 0.15) is 0 Å². The zero-order chi connectivity index (χ0) is 12.5. The van der Waals surface area contributed by atoms with Crippen molar-refractivity contribution in [3.63, 3.8) is 0 Å². The molecule has 2 aliphatic carbocycles. The topological polar surface area (TPSA) is 46.2 Å². The van der Waals surface area contributed by atoms with Crippen LogP contribution in [0.15, 0.2) is 0 Å². The van der Waals surface area contributed by atoms with Crippen LogP contribution in [0.3, 0.4) is 0 Å². The molecule has 0 radical (unpaired) electrons. The van der Waals surface area contributed by atoms with Crippen molar-refractivity contribution < 1.29 is 5.11 Å². The second-order valence-electron chi connectivity index (χ2n) is 6.61. The first kappa shape index (κ1) is 13.4. The van der Waals surface area contributed by atoms with Crippen LogP contribution in [0.4, 0.5) is 0 Å². The number of hydrogen-bond acceptors (Lipinski definition) is 2. The van der Waals surface area contributed by atoms with E-state index in [4.69, 9.17) is 5.73 Å². The molecule has 0 spiro atoms. The number of aliphatic hydroxyl groups is 1. The normalized spacial score (nSPS) is 47.3. The van der Waals surface area contributed by atoms with Crippen LogP contribution in [-0.2, 0) is 0 Å². The second kappa shape index (κ2) is 4.89. The maximum Gasteiger partial charge on any atom is 0.0743 e. The smallest absolute Gasteiger partial charge is 0.0743 e. The summed E-state index contributed by atoms with van der Waals surface area (Å²) in [5.41, 5.74) is 5.65. The monoisotopic (exact) mass is 239 g/mol. The van der Waals surface area contributed by atoms with Gasteiger partial charge in [0.2, 0.25) is 0 Å². The van der Waals surface area contributed by atoms with Crippen molar-refractivity contribution in [1.29, 1.82) is 0 Å². The average Bonchev–Trinajstić information content (AvgIpc) is 2.73. The first-order valence-electron chi connectivity index (χ1n) is 7.50. The second-order valence-corrected chi connectivity index (χ2v) is 6.61. The van der Waals surface area contributed by atoms with Gasteiger partial charge in [-0.15, -0.1) is 0 Å². The van der Waals surface area contributed by atoms with E-state index in [1.165, 1.54) is 25.7 Å². The van der Waals surface area contributed by atoms with Crippen molar-refractivity contribution in [2.24, 2.45) is 23.0 Å². The fourth-order valence-corrected chi connectivity index (χ4v) is 4.62. The molecule has 0 aromatic carbocycles. The standard InChI is InChI=1S/C15H29NO/c1-3-13-6-4-5-8-15(13,17)14(11-16)9-7-12(2)10-14/h12-13,17H,3-11,16H2,1-2H3. The lowest BCUT2D eigenvalue weighted by Crippen LogP contribution is -2.57. The fraction of sp³-hybridized carbons (Fsp3) is 1.00. The molecule has 2 fully saturated rings. The Morgan fingerprint density at radius 1 is 1.24 bits per heavy atom. The zero-order valence-electron chi connectivity index (χ0n) is 11.5. The van der Waals surface area contributed by atoms with Crippen LogP contribution in [0.5, 0.6) is 0 Å². The minimum absolute atomic E-state index is 0.0213. The van der Waals surface area contributed by atoms with Gasteiger partial charge < -0.3 is 10.8 Å². The van der Waals surface area contributed by atoms with Gasteiger partial charge in [0.15, 0.2) is 0 Å². The molecule has 2 heteroatoms. The number of hydrogen-bond donors (Lipinski definition) is 2. The molecule has 2 saturated carbocycles. The van der Waals surface area contributed by atoms with Gasteiger partial charge in [-0.3, -0.25) is 0 Å². The highest BCUT2D eigenvalue weighted by atomic mass is 16.3. The molecule has 100 valence electrons. The lowest BCUT2D eigenvalue weighted by atomic mass is 9.58. The lowest BCUT2D eigenvalue weighted by molar-refractivity contribution is -0.144. The molecule has 4 unspecified atom stereocenters. The Hall–Kier alpha value is -0.0800. The summed E-state index contributed by atoms with van der Waals surface area (Å²) in [4.78, 5) is 0. The summed E-state index contributed by atoms with van der Waals surface area (Å²) in [5.74, 6) is 1.21. The number of nitrogens with two attached hydrogens (primary N) is 1. The van der Waals surface area contributed by atoms with E-state index in [2.05, 4.69) is 13.8 Å². The van der Waals surface area contributed by atoms with E-state index < -0.39 is 5.60 Å². The predicted molar refractivity (Wildman–Crippen MR) is 71.7 cm³/mol. The minimum Gasteiger partial charge on any atom is -0.389 e. The van der Waals surface area contributed by atoms with E-state index in [-0.39, 0.29) is 5.41 Å². The molecule has 0 aromatic heterocycles. The summed E-state index contributed by atoms with van der Waals surface area (Å²) in [6.07, 6.45) is 9.27. The Morgan fingerprint density at radius 2 is 2.00 bits per heavy atom. The predicted octanol–water partition coefficient (Wildman–Crippen LogP) is 3.08. The van der Waals surface area contributed by atoms with Crippen LogP contribution in [0.2, 0.25) is 0 Å². The molecule has 3 N–H and O–H groups in total. The third-order valence-corrected chi connectivity index (χ3v) is 5.69. The molecule has 17 heavy (non-hydrogen) atoms. The molecule has 0 amide bonds. The molecule has 0 heterocycles. The van der Waals surface area contributed by atoms with Crippen molar-refractivity contribution in [2.75, 3.05) is 6.54 Å². The van der Waals surface area contributed by atoms with E-state index in [1.807, 2.05) is 0 Å². The summed E-state index contributed by atoms with van der Waals surface area (Å²) >= 11 is 0. The SMILES string of the molecule is CCC1CCCCC1(O)C1(CN)CCC(C)C1. The van der Waals surface area contributed by atoms with Gasteiger partial charge in [0, 0.05) is 12.0 Å². The van der Waals surface area contributed by atoms with Crippen LogP contribution in [-0.4, -0.2) is 17.3 Å². The average molecular weight is 239 g/mol. The maximum absolute atomic E-state index is 11.3. The van der Waals surface area contributed by atoms with E-state index in [9.17, 15) is 5.11 Å². The summed E-state index contributed by atoms with van der Waals surface area (Å²) in [7, 11) is 0. The first-order valence-corrected chi connectivity index (χ1v) is 7.50. The van der Waals surface area contributed by atoms with Gasteiger partial charge in [-0.05, 0) is 37.5 Å². The van der Waals surface area contributed by atoms with E-state index in [0.29, 0.717) is 12.5 Å². The molecular weight excluding hydrogens is 210 g/mol. The molecule has 0 aliphatic heterocycles. The third-order valence-electron chi connectivity index (χ3n) is 5.69. The summed E-state index contributed by atoms with van der Waals surface area (Å²) in [5, 5.41) is 11.3. The van der Waals surface area contributed by atoms with Gasteiger partial charge >= 0.3 is 0 Å². The molecule has 2 nitrogen and oxygen atoms in total. The Balaban J connectivity index is 2.27. The van der Waals surface area contributed by atoms with Gasteiger partial charge in [-0.1, -0.05) is 39.5 Å². The number of rotatable bonds is 3. The first-order chi connectivity index (χ1) is 8.08. The fourth-order valence-electron chi connectivity index (χ4n) is 4.62. The van der Waals surface area contributed by atoms with Crippen molar-refractivity contribution in [1.82, 2.24) is 0 Å². The van der Waals surface area contributed by atoms with E-state index >= 15 is 0 Å². The van der Waals surface area contributed by atoms with E-state index in [1.54, 1.807) is 0 Å². The molecule has 2 rings (SSSR count). The Labute approximate surface area is 106 Å². The van der Waals surface area contributed by atoms with Gasteiger partial charge in [-0.2, -0.15) is 0 Å². The van der Waals surface area contributed by atoms with Crippen molar-refractivity contribution in [2.45, 2.75) is 70.8 Å². The highest BCUT2D eigenvalue weighted by molar-refractivity contribution is 5.07. The highest BCUT2D eigenvalue weighted by Crippen LogP contribution is 2.55. The van der Waals surface area contributed by atoms with Crippen LogP contribution < -0.4 is 5.73 Å². The summed E-state index contributed by atoms with van der Waals surface area (Å²) < 4.78 is 0. The van der Waals surface area contributed by atoms with Crippen molar-refractivity contribution >= 4 is 0 Å². The highest BCUT2D eigenvalue weighted by Gasteiger charge is 2.55. The molecule has 4 atom stereocenters. The zero-order valence-corrected chi connectivity index (χ0v) is 11.5. The molecule has 0 aromatic rings. The van der Waals surface area contributed by atoms with Crippen molar-refractivity contribution in [3.8, 4) is 0 Å². The molecule has 0 saturated heterocycles. The van der Waals surface area contributed by atoms with Crippen LogP contribution in [0, 0.1) is 17.3 Å². The summed E-state index contributed by atoms with van der Waals surface area (Å²) in [6.45, 7) is 5.21. The van der Waals surface area contributed by atoms with Gasteiger partial charge in [0.25, 0.3) is 0 Å². The van der Waals surface area contributed by atoms with Crippen LogP contribution in [0.25, 0.3) is 0 Å². The molecular formula is C15H29NO. The lowest BCUT2D eigenvalue weighted by Gasteiger charge is -2.52. The largest absolute Gasteiger partial charge is 0.389 e. The molecule has 0 bridgehead atoms. The third kappa shape index (κ3) is 2.04. The van der Waals surface area contributed by atoms with Crippen LogP contribution in [0.1, 0.15) is 65.2 Å². The molecule has 2 aliphatic rings. The van der Waals surface area contributed by atoms with Crippen LogP contribution >= 0.6 is 0 Å². The quantitative estimate of drug-likeness (QED) is 0.795. The summed E-state index contributed by atoms with van der Waals surface area (Å²) in [6, 6.07) is 0. The van der Waals surface area contributed by atoms with E-state index in [0.717, 1.165) is 31.6 Å². The maximum atomic E-state index is 11.3. The van der Waals surface area contributed by atoms with Gasteiger partial charge in [-0.25, -0.2) is 0 Å². The Kier molecular flexibility index (Phi) is 3.84.